The third-order valence-corrected chi connectivity index (χ3v) is 3.12. The van der Waals surface area contributed by atoms with Gasteiger partial charge < -0.3 is 9.84 Å². The summed E-state index contributed by atoms with van der Waals surface area (Å²) in [4.78, 5) is 23.1. The van der Waals surface area contributed by atoms with Crippen molar-refractivity contribution < 1.29 is 19.4 Å². The summed E-state index contributed by atoms with van der Waals surface area (Å²) >= 11 is 0. The Hall–Kier alpha value is -2.63. The standard InChI is InChI=1S/C15H16N2O4/c1-3-6-12-11(14(18)19)9-16-17(12)13-8-5-4-7-10(13)15(20)21-2/h4-5,7-9H,3,6H2,1-2H3,(H,18,19). The molecule has 0 spiro atoms. The molecule has 0 saturated carbocycles. The SMILES string of the molecule is CCCc1c(C(=O)O)cnn1-c1ccccc1C(=O)OC. The predicted molar refractivity (Wildman–Crippen MR) is 75.9 cm³/mol. The van der Waals surface area contributed by atoms with E-state index < -0.39 is 11.9 Å². The maximum Gasteiger partial charge on any atom is 0.340 e. The smallest absolute Gasteiger partial charge is 0.340 e. The summed E-state index contributed by atoms with van der Waals surface area (Å²) in [6.45, 7) is 1.95. The van der Waals surface area contributed by atoms with Crippen molar-refractivity contribution in [1.82, 2.24) is 9.78 Å². The van der Waals surface area contributed by atoms with E-state index in [1.807, 2.05) is 6.92 Å². The zero-order valence-electron chi connectivity index (χ0n) is 11.9. The van der Waals surface area contributed by atoms with Gasteiger partial charge >= 0.3 is 11.9 Å². The fraction of sp³-hybridized carbons (Fsp3) is 0.267. The zero-order valence-corrected chi connectivity index (χ0v) is 11.9. The van der Waals surface area contributed by atoms with Crippen molar-refractivity contribution in [3.05, 3.63) is 47.3 Å². The van der Waals surface area contributed by atoms with Gasteiger partial charge in [0, 0.05) is 0 Å². The van der Waals surface area contributed by atoms with E-state index in [0.29, 0.717) is 23.4 Å². The molecule has 2 rings (SSSR count). The number of ether oxygens (including phenoxy) is 1. The number of carboxylic acids is 1. The monoisotopic (exact) mass is 288 g/mol. The van der Waals surface area contributed by atoms with Gasteiger partial charge in [-0.25, -0.2) is 14.3 Å². The van der Waals surface area contributed by atoms with Crippen LogP contribution in [0.15, 0.2) is 30.5 Å². The van der Waals surface area contributed by atoms with Crippen molar-refractivity contribution in [2.24, 2.45) is 0 Å². The highest BCUT2D eigenvalue weighted by atomic mass is 16.5. The maximum atomic E-state index is 11.8. The van der Waals surface area contributed by atoms with Crippen LogP contribution in [0.4, 0.5) is 0 Å². The number of aromatic carboxylic acids is 1. The van der Waals surface area contributed by atoms with Crippen molar-refractivity contribution in [3.8, 4) is 5.69 Å². The van der Waals surface area contributed by atoms with Gasteiger partial charge in [-0.15, -0.1) is 0 Å². The summed E-state index contributed by atoms with van der Waals surface area (Å²) in [6.07, 6.45) is 2.63. The largest absolute Gasteiger partial charge is 0.478 e. The summed E-state index contributed by atoms with van der Waals surface area (Å²) in [5.41, 5.74) is 1.58. The van der Waals surface area contributed by atoms with E-state index in [4.69, 9.17) is 4.74 Å². The minimum absolute atomic E-state index is 0.150. The number of rotatable bonds is 5. The summed E-state index contributed by atoms with van der Waals surface area (Å²) in [6, 6.07) is 6.82. The van der Waals surface area contributed by atoms with Crippen LogP contribution in [-0.4, -0.2) is 33.9 Å². The molecule has 110 valence electrons. The number of carbonyl (C=O) groups excluding carboxylic acids is 1. The van der Waals surface area contributed by atoms with E-state index >= 15 is 0 Å². The molecule has 6 nitrogen and oxygen atoms in total. The van der Waals surface area contributed by atoms with Crippen molar-refractivity contribution >= 4 is 11.9 Å². The van der Waals surface area contributed by atoms with Gasteiger partial charge in [0.25, 0.3) is 0 Å². The minimum Gasteiger partial charge on any atom is -0.478 e. The maximum absolute atomic E-state index is 11.8. The molecule has 0 amide bonds. The lowest BCUT2D eigenvalue weighted by Gasteiger charge is -2.11. The molecule has 1 aromatic carbocycles. The average Bonchev–Trinajstić information content (AvgIpc) is 2.90. The molecule has 6 heteroatoms. The fourth-order valence-electron chi connectivity index (χ4n) is 2.18. The Morgan fingerprint density at radius 3 is 2.62 bits per heavy atom. The van der Waals surface area contributed by atoms with E-state index in [-0.39, 0.29) is 5.56 Å². The molecule has 21 heavy (non-hydrogen) atoms. The van der Waals surface area contributed by atoms with Gasteiger partial charge in [0.1, 0.15) is 5.56 Å². The molecule has 1 N–H and O–H groups in total. The molecule has 1 heterocycles. The molecule has 0 aliphatic carbocycles. The minimum atomic E-state index is -1.03. The summed E-state index contributed by atoms with van der Waals surface area (Å²) in [5, 5.41) is 13.4. The Kier molecular flexibility index (Phi) is 4.37. The highest BCUT2D eigenvalue weighted by Crippen LogP contribution is 2.20. The second-order valence-corrected chi connectivity index (χ2v) is 4.48. The fourth-order valence-corrected chi connectivity index (χ4v) is 2.18. The summed E-state index contributed by atoms with van der Waals surface area (Å²) in [5.74, 6) is -1.51. The number of benzene rings is 1. The molecule has 2 aromatic rings. The van der Waals surface area contributed by atoms with Crippen molar-refractivity contribution in [2.45, 2.75) is 19.8 Å². The quantitative estimate of drug-likeness (QED) is 0.854. The number of methoxy groups -OCH3 is 1. The van der Waals surface area contributed by atoms with Crippen LogP contribution in [-0.2, 0) is 11.2 Å². The van der Waals surface area contributed by atoms with Crippen LogP contribution < -0.4 is 0 Å². The summed E-state index contributed by atoms with van der Waals surface area (Å²) < 4.78 is 6.26. The van der Waals surface area contributed by atoms with Crippen LogP contribution >= 0.6 is 0 Å². The Morgan fingerprint density at radius 2 is 2.00 bits per heavy atom. The van der Waals surface area contributed by atoms with E-state index in [0.717, 1.165) is 6.42 Å². The van der Waals surface area contributed by atoms with Gasteiger partial charge in [0.05, 0.1) is 30.3 Å². The predicted octanol–water partition coefficient (Wildman–Crippen LogP) is 2.31. The van der Waals surface area contributed by atoms with Gasteiger partial charge in [0.2, 0.25) is 0 Å². The van der Waals surface area contributed by atoms with E-state index in [2.05, 4.69) is 5.10 Å². The molecular formula is C15H16N2O4. The number of carboxylic acid groups (broad SMARTS) is 1. The van der Waals surface area contributed by atoms with Gasteiger partial charge in [-0.2, -0.15) is 5.10 Å². The average molecular weight is 288 g/mol. The third-order valence-electron chi connectivity index (χ3n) is 3.12. The van der Waals surface area contributed by atoms with Crippen molar-refractivity contribution in [1.29, 1.82) is 0 Å². The molecule has 0 atom stereocenters. The Labute approximate surface area is 122 Å². The van der Waals surface area contributed by atoms with Crippen LogP contribution in [0.3, 0.4) is 0 Å². The van der Waals surface area contributed by atoms with Crippen LogP contribution in [0.25, 0.3) is 5.69 Å². The first-order valence-electron chi connectivity index (χ1n) is 6.58. The van der Waals surface area contributed by atoms with Gasteiger partial charge in [0.15, 0.2) is 0 Å². The number of aromatic nitrogens is 2. The highest BCUT2D eigenvalue weighted by Gasteiger charge is 2.20. The normalized spacial score (nSPS) is 10.4. The van der Waals surface area contributed by atoms with Crippen LogP contribution in [0.1, 0.15) is 39.8 Å². The molecule has 0 fully saturated rings. The molecule has 0 radical (unpaired) electrons. The Morgan fingerprint density at radius 1 is 1.29 bits per heavy atom. The first-order chi connectivity index (χ1) is 10.1. The van der Waals surface area contributed by atoms with Gasteiger partial charge in [-0.3, -0.25) is 0 Å². The second-order valence-electron chi connectivity index (χ2n) is 4.48. The molecule has 0 aliphatic heterocycles. The van der Waals surface area contributed by atoms with Crippen molar-refractivity contribution in [2.75, 3.05) is 7.11 Å². The zero-order chi connectivity index (χ0) is 15.4. The molecule has 0 unspecified atom stereocenters. The first-order valence-corrected chi connectivity index (χ1v) is 6.58. The Bertz CT molecular complexity index is 676. The van der Waals surface area contributed by atoms with Crippen molar-refractivity contribution in [3.63, 3.8) is 0 Å². The number of esters is 1. The van der Waals surface area contributed by atoms with Crippen LogP contribution in [0, 0.1) is 0 Å². The Balaban J connectivity index is 2.62. The van der Waals surface area contributed by atoms with Gasteiger partial charge in [-0.05, 0) is 18.6 Å². The molecule has 0 bridgehead atoms. The highest BCUT2D eigenvalue weighted by molar-refractivity contribution is 5.94. The molecule has 1 aromatic heterocycles. The third kappa shape index (κ3) is 2.79. The molecule has 0 aliphatic rings. The van der Waals surface area contributed by atoms with E-state index in [1.165, 1.54) is 18.0 Å². The lowest BCUT2D eigenvalue weighted by atomic mass is 10.1. The lowest BCUT2D eigenvalue weighted by molar-refractivity contribution is 0.0600. The summed E-state index contributed by atoms with van der Waals surface area (Å²) in [7, 11) is 1.30. The first kappa shape index (κ1) is 14.8. The van der Waals surface area contributed by atoms with Gasteiger partial charge in [-0.1, -0.05) is 25.5 Å². The van der Waals surface area contributed by atoms with Crippen LogP contribution in [0.2, 0.25) is 0 Å². The van der Waals surface area contributed by atoms with E-state index in [9.17, 15) is 14.7 Å². The topological polar surface area (TPSA) is 81.4 Å². The van der Waals surface area contributed by atoms with Crippen LogP contribution in [0.5, 0.6) is 0 Å². The number of nitrogens with zero attached hydrogens (tertiary/aromatic N) is 2. The number of hydrogen-bond donors (Lipinski definition) is 1. The lowest BCUT2D eigenvalue weighted by Crippen LogP contribution is -2.12. The number of carbonyl (C=O) groups is 2. The molecular weight excluding hydrogens is 272 g/mol. The molecule has 0 saturated heterocycles. The number of para-hydroxylation sites is 1. The van der Waals surface area contributed by atoms with E-state index in [1.54, 1.807) is 24.3 Å². The second kappa shape index (κ2) is 6.21. The number of hydrogen-bond acceptors (Lipinski definition) is 4.